The van der Waals surface area contributed by atoms with Crippen molar-refractivity contribution in [1.29, 1.82) is 0 Å². The van der Waals surface area contributed by atoms with Crippen LogP contribution >= 0.6 is 0 Å². The lowest BCUT2D eigenvalue weighted by Crippen LogP contribution is -2.19. The van der Waals surface area contributed by atoms with E-state index >= 15 is 0 Å². The van der Waals surface area contributed by atoms with E-state index in [2.05, 4.69) is 25.8 Å². The van der Waals surface area contributed by atoms with Crippen LogP contribution in [0.5, 0.6) is 0 Å². The monoisotopic (exact) mass is 247 g/mol. The van der Waals surface area contributed by atoms with Crippen LogP contribution in [0.4, 0.5) is 16.0 Å². The Labute approximate surface area is 102 Å². The molecule has 1 amide bonds. The van der Waals surface area contributed by atoms with Crippen LogP contribution in [0.2, 0.25) is 0 Å². The predicted molar refractivity (Wildman–Crippen MR) is 62.9 cm³/mol. The highest BCUT2D eigenvalue weighted by atomic mass is 19.1. The number of aromatic nitrogens is 3. The van der Waals surface area contributed by atoms with Crippen molar-refractivity contribution in [2.24, 2.45) is 0 Å². The largest absolute Gasteiger partial charge is 0.354 e. The number of nitrogens with zero attached hydrogens (tertiary/aromatic N) is 3. The number of halogens is 1. The van der Waals surface area contributed by atoms with Crippen LogP contribution in [0.15, 0.2) is 30.5 Å². The van der Waals surface area contributed by atoms with E-state index in [4.69, 9.17) is 0 Å². The molecule has 0 saturated carbocycles. The summed E-state index contributed by atoms with van der Waals surface area (Å²) in [6.07, 6.45) is 1.09. The number of carbonyl (C=O) groups is 1. The molecule has 2 aromatic heterocycles. The molecule has 0 aliphatic heterocycles. The zero-order chi connectivity index (χ0) is 13.0. The van der Waals surface area contributed by atoms with Crippen molar-refractivity contribution in [2.45, 2.75) is 0 Å². The lowest BCUT2D eigenvalue weighted by molar-refractivity contribution is 0.0957. The second-order valence-corrected chi connectivity index (χ2v) is 3.37. The van der Waals surface area contributed by atoms with E-state index in [1.165, 1.54) is 25.2 Å². The van der Waals surface area contributed by atoms with Crippen LogP contribution in [-0.4, -0.2) is 28.1 Å². The average Bonchev–Trinajstić information content (AvgIpc) is 2.41. The van der Waals surface area contributed by atoms with Gasteiger partial charge in [-0.1, -0.05) is 0 Å². The van der Waals surface area contributed by atoms with E-state index in [1.54, 1.807) is 6.07 Å². The Morgan fingerprint density at radius 3 is 2.50 bits per heavy atom. The summed E-state index contributed by atoms with van der Waals surface area (Å²) < 4.78 is 12.6. The molecule has 2 N–H and O–H groups in total. The average molecular weight is 247 g/mol. The van der Waals surface area contributed by atoms with Gasteiger partial charge in [0.1, 0.15) is 11.6 Å². The first-order valence-electron chi connectivity index (χ1n) is 5.13. The van der Waals surface area contributed by atoms with Gasteiger partial charge in [-0.05, 0) is 24.3 Å². The maximum atomic E-state index is 12.6. The molecule has 18 heavy (non-hydrogen) atoms. The van der Waals surface area contributed by atoms with Crippen LogP contribution in [0.3, 0.4) is 0 Å². The van der Waals surface area contributed by atoms with Crippen LogP contribution in [-0.2, 0) is 0 Å². The van der Waals surface area contributed by atoms with Gasteiger partial charge in [-0.15, -0.1) is 10.2 Å². The molecule has 0 bridgehead atoms. The maximum Gasteiger partial charge on any atom is 0.271 e. The van der Waals surface area contributed by atoms with E-state index in [0.29, 0.717) is 11.6 Å². The summed E-state index contributed by atoms with van der Waals surface area (Å²) in [7, 11) is 1.51. The number of carbonyl (C=O) groups excluding carboxylic acids is 1. The highest BCUT2D eigenvalue weighted by Crippen LogP contribution is 2.11. The predicted octanol–water partition coefficient (Wildman–Crippen LogP) is 1.11. The lowest BCUT2D eigenvalue weighted by atomic mass is 10.3. The van der Waals surface area contributed by atoms with E-state index < -0.39 is 5.82 Å². The Bertz CT molecular complexity index is 540. The summed E-state index contributed by atoms with van der Waals surface area (Å²) in [6.45, 7) is 0. The molecule has 0 aromatic carbocycles. The molecule has 0 spiro atoms. The van der Waals surface area contributed by atoms with Gasteiger partial charge in [0.15, 0.2) is 11.5 Å². The first-order chi connectivity index (χ1) is 8.69. The fourth-order valence-electron chi connectivity index (χ4n) is 1.23. The Balaban J connectivity index is 2.10. The number of amides is 1. The molecule has 0 atom stereocenters. The second-order valence-electron chi connectivity index (χ2n) is 3.37. The molecule has 2 rings (SSSR count). The van der Waals surface area contributed by atoms with E-state index in [1.807, 2.05) is 0 Å². The smallest absolute Gasteiger partial charge is 0.271 e. The third-order valence-electron chi connectivity index (χ3n) is 2.11. The van der Waals surface area contributed by atoms with Crippen molar-refractivity contribution >= 4 is 17.5 Å². The zero-order valence-electron chi connectivity index (χ0n) is 9.51. The molecule has 0 radical (unpaired) electrons. The van der Waals surface area contributed by atoms with Crippen molar-refractivity contribution in [3.05, 3.63) is 42.0 Å². The zero-order valence-corrected chi connectivity index (χ0v) is 9.51. The van der Waals surface area contributed by atoms with Gasteiger partial charge >= 0.3 is 0 Å². The van der Waals surface area contributed by atoms with Crippen molar-refractivity contribution < 1.29 is 9.18 Å². The highest BCUT2D eigenvalue weighted by molar-refractivity contribution is 5.91. The maximum absolute atomic E-state index is 12.6. The summed E-state index contributed by atoms with van der Waals surface area (Å²) in [5.74, 6) is 0.135. The minimum atomic E-state index is -0.415. The van der Waals surface area contributed by atoms with Crippen LogP contribution < -0.4 is 10.6 Å². The molecule has 0 aliphatic rings. The summed E-state index contributed by atoms with van der Waals surface area (Å²) in [5, 5.41) is 12.8. The Morgan fingerprint density at radius 1 is 1.17 bits per heavy atom. The standard InChI is InChI=1S/C11H10FN5O/c1-13-11(18)8-3-5-10(17-16-8)15-9-4-2-7(12)6-14-9/h2-6H,1H3,(H,13,18)(H,14,15,17). The van der Waals surface area contributed by atoms with Crippen LogP contribution in [0.25, 0.3) is 0 Å². The number of anilines is 2. The minimum absolute atomic E-state index is 0.218. The van der Waals surface area contributed by atoms with Gasteiger partial charge < -0.3 is 10.6 Å². The van der Waals surface area contributed by atoms with Gasteiger partial charge in [0.2, 0.25) is 0 Å². The normalized spacial score (nSPS) is 9.89. The summed E-state index contributed by atoms with van der Waals surface area (Å²) >= 11 is 0. The Hall–Kier alpha value is -2.57. The molecular formula is C11H10FN5O. The quantitative estimate of drug-likeness (QED) is 0.849. The van der Waals surface area contributed by atoms with Gasteiger partial charge in [-0.2, -0.15) is 0 Å². The number of rotatable bonds is 3. The lowest BCUT2D eigenvalue weighted by Gasteiger charge is -2.04. The third kappa shape index (κ3) is 2.76. The van der Waals surface area contributed by atoms with Crippen molar-refractivity contribution in [3.8, 4) is 0 Å². The van der Waals surface area contributed by atoms with Gasteiger partial charge in [0, 0.05) is 7.05 Å². The fourth-order valence-corrected chi connectivity index (χ4v) is 1.23. The van der Waals surface area contributed by atoms with E-state index in [9.17, 15) is 9.18 Å². The second kappa shape index (κ2) is 5.17. The molecule has 6 nitrogen and oxygen atoms in total. The fraction of sp³-hybridized carbons (Fsp3) is 0.0909. The number of hydrogen-bond donors (Lipinski definition) is 2. The molecule has 2 heterocycles. The van der Waals surface area contributed by atoms with Gasteiger partial charge in [0.25, 0.3) is 5.91 Å². The van der Waals surface area contributed by atoms with Crippen LogP contribution in [0, 0.1) is 5.82 Å². The number of hydrogen-bond acceptors (Lipinski definition) is 5. The first-order valence-corrected chi connectivity index (χ1v) is 5.13. The molecule has 92 valence electrons. The molecule has 2 aromatic rings. The highest BCUT2D eigenvalue weighted by Gasteiger charge is 2.05. The number of nitrogens with one attached hydrogen (secondary N) is 2. The van der Waals surface area contributed by atoms with Gasteiger partial charge in [-0.3, -0.25) is 4.79 Å². The molecular weight excluding hydrogens is 237 g/mol. The molecule has 0 fully saturated rings. The minimum Gasteiger partial charge on any atom is -0.354 e. The summed E-state index contributed by atoms with van der Waals surface area (Å²) in [5.41, 5.74) is 0.218. The molecule has 7 heteroatoms. The Morgan fingerprint density at radius 2 is 1.94 bits per heavy atom. The molecule has 0 saturated heterocycles. The topological polar surface area (TPSA) is 79.8 Å². The van der Waals surface area contributed by atoms with Gasteiger partial charge in [0.05, 0.1) is 6.20 Å². The van der Waals surface area contributed by atoms with E-state index in [-0.39, 0.29) is 11.6 Å². The summed E-state index contributed by atoms with van der Waals surface area (Å²) in [4.78, 5) is 15.0. The molecule has 0 aliphatic carbocycles. The van der Waals surface area contributed by atoms with E-state index in [0.717, 1.165) is 6.20 Å². The first kappa shape index (κ1) is 11.9. The van der Waals surface area contributed by atoms with Crippen molar-refractivity contribution in [3.63, 3.8) is 0 Å². The van der Waals surface area contributed by atoms with Gasteiger partial charge in [-0.25, -0.2) is 9.37 Å². The van der Waals surface area contributed by atoms with Crippen molar-refractivity contribution in [1.82, 2.24) is 20.5 Å². The number of pyridine rings is 1. The molecule has 0 unspecified atom stereocenters. The third-order valence-corrected chi connectivity index (χ3v) is 2.11. The van der Waals surface area contributed by atoms with Crippen molar-refractivity contribution in [2.75, 3.05) is 12.4 Å². The van der Waals surface area contributed by atoms with Crippen LogP contribution in [0.1, 0.15) is 10.5 Å². The Kier molecular flexibility index (Phi) is 3.42. The summed E-state index contributed by atoms with van der Waals surface area (Å²) in [6, 6.07) is 5.87. The SMILES string of the molecule is CNC(=O)c1ccc(Nc2ccc(F)cn2)nn1.